The monoisotopic (exact) mass is 387 g/mol. The molecule has 146 valence electrons. The number of nitrogen functional groups attached to an aromatic ring is 1. The highest BCUT2D eigenvalue weighted by Crippen LogP contribution is 2.29. The van der Waals surface area contributed by atoms with E-state index in [4.69, 9.17) is 5.73 Å². The molecule has 0 amide bonds. The molecule has 0 aliphatic carbocycles. The number of anilines is 5. The lowest BCUT2D eigenvalue weighted by Crippen LogP contribution is -2.07. The Morgan fingerprint density at radius 3 is 1.86 bits per heavy atom. The van der Waals surface area contributed by atoms with Crippen molar-refractivity contribution in [3.63, 3.8) is 0 Å². The van der Waals surface area contributed by atoms with E-state index in [2.05, 4.69) is 41.0 Å². The Hall–Kier alpha value is -4.14. The summed E-state index contributed by atoms with van der Waals surface area (Å²) in [6, 6.07) is 13.7. The summed E-state index contributed by atoms with van der Waals surface area (Å²) in [7, 11) is 0. The van der Waals surface area contributed by atoms with E-state index in [1.807, 2.05) is 68.5 Å². The first-order valence-electron chi connectivity index (χ1n) is 9.05. The van der Waals surface area contributed by atoms with E-state index in [0.717, 1.165) is 17.0 Å². The zero-order chi connectivity index (χ0) is 20.2. The molecular weight excluding hydrogens is 366 g/mol. The predicted octanol–water partition coefficient (Wildman–Crippen LogP) is 3.78. The van der Waals surface area contributed by atoms with Crippen molar-refractivity contribution in [2.75, 3.05) is 16.4 Å². The van der Waals surface area contributed by atoms with E-state index in [0.29, 0.717) is 34.8 Å². The van der Waals surface area contributed by atoms with E-state index in [9.17, 15) is 0 Å². The Morgan fingerprint density at radius 1 is 0.828 bits per heavy atom. The molecule has 9 heteroatoms. The number of benzene rings is 1. The Bertz CT molecular complexity index is 1080. The minimum absolute atomic E-state index is 0.364. The quantitative estimate of drug-likeness (QED) is 0.340. The zero-order valence-corrected chi connectivity index (χ0v) is 16.1. The first kappa shape index (κ1) is 18.2. The lowest BCUT2D eigenvalue weighted by molar-refractivity contribution is 1.04. The van der Waals surface area contributed by atoms with E-state index in [1.165, 1.54) is 0 Å². The number of nitrogens with zero attached hydrogens (tertiary/aromatic N) is 4. The number of nitrogens with two attached hydrogens (primary N) is 1. The van der Waals surface area contributed by atoms with Gasteiger partial charge in [-0.3, -0.25) is 10.2 Å². The van der Waals surface area contributed by atoms with Gasteiger partial charge in [-0.15, -0.1) is 0 Å². The summed E-state index contributed by atoms with van der Waals surface area (Å²) in [5, 5.41) is 20.4. The third-order valence-corrected chi connectivity index (χ3v) is 4.09. The molecule has 4 rings (SSSR count). The van der Waals surface area contributed by atoms with Crippen molar-refractivity contribution in [3.8, 4) is 0 Å². The van der Waals surface area contributed by atoms with E-state index >= 15 is 0 Å². The van der Waals surface area contributed by atoms with Gasteiger partial charge in [-0.2, -0.15) is 10.2 Å². The van der Waals surface area contributed by atoms with Gasteiger partial charge in [-0.05, 0) is 25.5 Å². The minimum atomic E-state index is 0.364. The van der Waals surface area contributed by atoms with Gasteiger partial charge >= 0.3 is 0 Å². The highest BCUT2D eigenvalue weighted by Gasteiger charge is 2.13. The number of aromatic nitrogens is 6. The SMILES string of the molecule is Cc1cc(Nc2nc(/C=C/c3ccccc3)nc(Nc3cc(C)[nH]n3)c2N)n[nH]1. The van der Waals surface area contributed by atoms with Crippen molar-refractivity contribution in [3.05, 3.63) is 65.2 Å². The fourth-order valence-corrected chi connectivity index (χ4v) is 2.69. The van der Waals surface area contributed by atoms with E-state index in [-0.39, 0.29) is 0 Å². The Kier molecular flexibility index (Phi) is 4.93. The van der Waals surface area contributed by atoms with Gasteiger partial charge in [0.25, 0.3) is 0 Å². The van der Waals surface area contributed by atoms with Crippen molar-refractivity contribution >= 4 is 41.1 Å². The Morgan fingerprint density at radius 2 is 1.38 bits per heavy atom. The summed E-state index contributed by atoms with van der Waals surface area (Å²) >= 11 is 0. The van der Waals surface area contributed by atoms with Gasteiger partial charge in [0.15, 0.2) is 29.1 Å². The molecule has 0 saturated heterocycles. The van der Waals surface area contributed by atoms with Crippen LogP contribution >= 0.6 is 0 Å². The van der Waals surface area contributed by atoms with Crippen LogP contribution in [0.3, 0.4) is 0 Å². The van der Waals surface area contributed by atoms with Crippen LogP contribution in [0.2, 0.25) is 0 Å². The third kappa shape index (κ3) is 4.41. The second kappa shape index (κ2) is 7.85. The van der Waals surface area contributed by atoms with Crippen LogP contribution in [0.4, 0.5) is 29.0 Å². The average Bonchev–Trinajstić information content (AvgIpc) is 3.32. The maximum Gasteiger partial charge on any atom is 0.161 e. The first-order chi connectivity index (χ1) is 14.1. The summed E-state index contributed by atoms with van der Waals surface area (Å²) in [6.07, 6.45) is 3.77. The van der Waals surface area contributed by atoms with E-state index in [1.54, 1.807) is 0 Å². The van der Waals surface area contributed by atoms with Crippen LogP contribution in [-0.2, 0) is 0 Å². The molecular formula is C20H21N9. The Labute approximate surface area is 167 Å². The van der Waals surface area contributed by atoms with Crippen LogP contribution < -0.4 is 16.4 Å². The molecule has 0 unspecified atom stereocenters. The molecule has 4 aromatic rings. The highest BCUT2D eigenvalue weighted by molar-refractivity contribution is 5.81. The number of rotatable bonds is 6. The van der Waals surface area contributed by atoms with Gasteiger partial charge in [0.05, 0.1) is 0 Å². The first-order valence-corrected chi connectivity index (χ1v) is 9.05. The predicted molar refractivity (Wildman–Crippen MR) is 115 cm³/mol. The summed E-state index contributed by atoms with van der Waals surface area (Å²) in [5.74, 6) is 2.63. The van der Waals surface area contributed by atoms with Gasteiger partial charge in [0, 0.05) is 23.5 Å². The van der Waals surface area contributed by atoms with Crippen molar-refractivity contribution in [1.82, 2.24) is 30.4 Å². The molecule has 29 heavy (non-hydrogen) atoms. The molecule has 0 fully saturated rings. The summed E-state index contributed by atoms with van der Waals surface area (Å²) in [4.78, 5) is 9.09. The largest absolute Gasteiger partial charge is 0.393 e. The number of H-pyrrole nitrogens is 2. The average molecular weight is 387 g/mol. The molecule has 3 aromatic heterocycles. The van der Waals surface area contributed by atoms with Crippen LogP contribution in [0, 0.1) is 13.8 Å². The number of hydrogen-bond donors (Lipinski definition) is 5. The molecule has 3 heterocycles. The fourth-order valence-electron chi connectivity index (χ4n) is 2.69. The molecule has 0 aliphatic heterocycles. The summed E-state index contributed by atoms with van der Waals surface area (Å²) < 4.78 is 0. The molecule has 6 N–H and O–H groups in total. The lowest BCUT2D eigenvalue weighted by Gasteiger charge is -2.12. The molecule has 0 aliphatic rings. The second-order valence-electron chi connectivity index (χ2n) is 6.56. The molecule has 9 nitrogen and oxygen atoms in total. The van der Waals surface area contributed by atoms with Crippen molar-refractivity contribution in [2.45, 2.75) is 13.8 Å². The number of aryl methyl sites for hydroxylation is 2. The van der Waals surface area contributed by atoms with Crippen LogP contribution in [0.1, 0.15) is 22.8 Å². The van der Waals surface area contributed by atoms with Crippen molar-refractivity contribution in [2.24, 2.45) is 0 Å². The summed E-state index contributed by atoms with van der Waals surface area (Å²) in [5.41, 5.74) is 9.58. The second-order valence-corrected chi connectivity index (χ2v) is 6.56. The van der Waals surface area contributed by atoms with Gasteiger partial charge < -0.3 is 16.4 Å². The number of nitrogens with one attached hydrogen (secondary N) is 4. The molecule has 0 saturated carbocycles. The van der Waals surface area contributed by atoms with Crippen LogP contribution in [-0.4, -0.2) is 30.4 Å². The van der Waals surface area contributed by atoms with Crippen molar-refractivity contribution in [1.29, 1.82) is 0 Å². The van der Waals surface area contributed by atoms with Crippen LogP contribution in [0.25, 0.3) is 12.2 Å². The summed E-state index contributed by atoms with van der Waals surface area (Å²) in [6.45, 7) is 3.84. The maximum absolute atomic E-state index is 6.32. The number of hydrogen-bond acceptors (Lipinski definition) is 7. The Balaban J connectivity index is 1.70. The number of aromatic amines is 2. The van der Waals surface area contributed by atoms with Gasteiger partial charge in [0.1, 0.15) is 5.69 Å². The topological polar surface area (TPSA) is 133 Å². The fraction of sp³-hybridized carbons (Fsp3) is 0.100. The van der Waals surface area contributed by atoms with Crippen LogP contribution in [0.5, 0.6) is 0 Å². The zero-order valence-electron chi connectivity index (χ0n) is 16.1. The van der Waals surface area contributed by atoms with Crippen LogP contribution in [0.15, 0.2) is 42.5 Å². The van der Waals surface area contributed by atoms with Gasteiger partial charge in [0.2, 0.25) is 0 Å². The lowest BCUT2D eigenvalue weighted by atomic mass is 10.2. The van der Waals surface area contributed by atoms with E-state index < -0.39 is 0 Å². The van der Waals surface area contributed by atoms with Gasteiger partial charge in [-0.1, -0.05) is 36.4 Å². The highest BCUT2D eigenvalue weighted by atomic mass is 15.2. The van der Waals surface area contributed by atoms with Gasteiger partial charge in [-0.25, -0.2) is 9.97 Å². The smallest absolute Gasteiger partial charge is 0.161 e. The normalized spacial score (nSPS) is 11.1. The molecule has 1 aromatic carbocycles. The standard InChI is InChI=1S/C20H21N9/c1-12-10-16(28-26-12)24-19-18(21)20(25-17-11-13(2)27-29-17)23-15(22-19)9-8-14-6-4-3-5-7-14/h3-11H,21H2,1-2H3,(H4,22,23,24,25,26,27,28,29)/b9-8+. The molecule has 0 spiro atoms. The molecule has 0 bridgehead atoms. The molecule has 0 atom stereocenters. The third-order valence-electron chi connectivity index (χ3n) is 4.09. The molecule has 0 radical (unpaired) electrons. The van der Waals surface area contributed by atoms with Crippen molar-refractivity contribution < 1.29 is 0 Å². The minimum Gasteiger partial charge on any atom is -0.393 e. The maximum atomic E-state index is 6.32.